The number of pyridine rings is 1. The van der Waals surface area contributed by atoms with E-state index in [4.69, 9.17) is 0 Å². The molecule has 0 saturated carbocycles. The van der Waals surface area contributed by atoms with E-state index in [1.165, 1.54) is 21.5 Å². The van der Waals surface area contributed by atoms with Gasteiger partial charge < -0.3 is 0 Å². The summed E-state index contributed by atoms with van der Waals surface area (Å²) in [5.74, 6) is 0. The van der Waals surface area contributed by atoms with Crippen molar-refractivity contribution in [2.45, 2.75) is 0 Å². The molecule has 0 saturated heterocycles. The molecule has 4 aromatic carbocycles. The first-order valence-electron chi connectivity index (χ1n) is 7.97. The van der Waals surface area contributed by atoms with Crippen LogP contribution in [0.1, 0.15) is 0 Å². The van der Waals surface area contributed by atoms with E-state index in [1.807, 2.05) is 30.6 Å². The predicted octanol–water partition coefficient (Wildman–Crippen LogP) is 5.81. The van der Waals surface area contributed by atoms with Crippen LogP contribution in [0.15, 0.2) is 79.1 Å². The van der Waals surface area contributed by atoms with Crippen LogP contribution in [0.4, 0.5) is 0 Å². The number of rotatable bonds is 1. The fourth-order valence-corrected chi connectivity index (χ4v) is 3.29. The van der Waals surface area contributed by atoms with Crippen LogP contribution in [-0.4, -0.2) is 4.98 Å². The molecule has 0 fully saturated rings. The molecule has 0 spiro atoms. The Morgan fingerprint density at radius 2 is 1.56 bits per heavy atom. The summed E-state index contributed by atoms with van der Waals surface area (Å²) >= 11 is 0. The van der Waals surface area contributed by atoms with E-state index in [2.05, 4.69) is 65.6 Å². The SMILES string of the molecule is [Y].[c-]1cc2ccncc2cc1-c1[c-]ccc2cc3ccccc3cc12. The first-order valence-corrected chi connectivity index (χ1v) is 7.97. The van der Waals surface area contributed by atoms with Crippen molar-refractivity contribution in [1.82, 2.24) is 4.98 Å². The molecule has 1 radical (unpaired) electrons. The number of benzene rings is 4. The zero-order valence-corrected chi connectivity index (χ0v) is 16.4. The van der Waals surface area contributed by atoms with Crippen LogP contribution in [0.5, 0.6) is 0 Å². The molecular formula is C23H13NY-2. The molecule has 5 aromatic rings. The molecule has 115 valence electrons. The van der Waals surface area contributed by atoms with E-state index >= 15 is 0 Å². The minimum Gasteiger partial charge on any atom is -0.267 e. The van der Waals surface area contributed by atoms with Gasteiger partial charge in [-0.25, -0.2) is 11.1 Å². The van der Waals surface area contributed by atoms with Gasteiger partial charge in [0, 0.05) is 45.1 Å². The maximum atomic E-state index is 4.23. The van der Waals surface area contributed by atoms with E-state index in [-0.39, 0.29) is 32.7 Å². The molecule has 0 aliphatic rings. The maximum Gasteiger partial charge on any atom is 0.0181 e. The van der Waals surface area contributed by atoms with Crippen molar-refractivity contribution in [1.29, 1.82) is 0 Å². The largest absolute Gasteiger partial charge is 0.267 e. The second-order valence-corrected chi connectivity index (χ2v) is 5.99. The van der Waals surface area contributed by atoms with Crippen molar-refractivity contribution in [2.24, 2.45) is 0 Å². The summed E-state index contributed by atoms with van der Waals surface area (Å²) in [6.07, 6.45) is 3.71. The third kappa shape index (κ3) is 2.88. The van der Waals surface area contributed by atoms with Crippen molar-refractivity contribution in [3.05, 3.63) is 91.3 Å². The van der Waals surface area contributed by atoms with Gasteiger partial charge in [0.15, 0.2) is 0 Å². The molecule has 0 unspecified atom stereocenters. The Morgan fingerprint density at radius 1 is 0.720 bits per heavy atom. The molecule has 1 heterocycles. The van der Waals surface area contributed by atoms with Crippen molar-refractivity contribution in [2.75, 3.05) is 0 Å². The van der Waals surface area contributed by atoms with Crippen molar-refractivity contribution in [3.63, 3.8) is 0 Å². The molecule has 0 aliphatic heterocycles. The van der Waals surface area contributed by atoms with Gasteiger partial charge in [0.1, 0.15) is 0 Å². The maximum absolute atomic E-state index is 4.23. The van der Waals surface area contributed by atoms with Crippen LogP contribution in [0.25, 0.3) is 43.4 Å². The van der Waals surface area contributed by atoms with E-state index in [0.717, 1.165) is 21.9 Å². The third-order valence-electron chi connectivity index (χ3n) is 4.52. The van der Waals surface area contributed by atoms with Crippen LogP contribution in [0, 0.1) is 12.1 Å². The van der Waals surface area contributed by atoms with E-state index in [9.17, 15) is 0 Å². The van der Waals surface area contributed by atoms with Crippen LogP contribution < -0.4 is 0 Å². The summed E-state index contributed by atoms with van der Waals surface area (Å²) in [6, 6.07) is 30.1. The fourth-order valence-electron chi connectivity index (χ4n) is 3.29. The van der Waals surface area contributed by atoms with Crippen LogP contribution in [0.2, 0.25) is 0 Å². The van der Waals surface area contributed by atoms with Gasteiger partial charge in [0.25, 0.3) is 0 Å². The number of fused-ring (bicyclic) bond motifs is 3. The standard InChI is InChI=1S/C23H13N.Y/c1-2-5-18-14-23-19(12-17(18)4-1)6-3-7-22(23)20-9-8-16-10-11-24-15-21(16)13-20;/h1-6,8,10-15H;/q-2;. The summed E-state index contributed by atoms with van der Waals surface area (Å²) in [7, 11) is 0. The molecule has 0 N–H and O–H groups in total. The predicted molar refractivity (Wildman–Crippen MR) is 99.9 cm³/mol. The quantitative estimate of drug-likeness (QED) is 0.259. The normalized spacial score (nSPS) is 10.9. The molecule has 0 atom stereocenters. The van der Waals surface area contributed by atoms with Crippen molar-refractivity contribution in [3.8, 4) is 11.1 Å². The Hall–Kier alpha value is -2.09. The van der Waals surface area contributed by atoms with Crippen LogP contribution >= 0.6 is 0 Å². The number of hydrogen-bond acceptors (Lipinski definition) is 1. The number of hydrogen-bond donors (Lipinski definition) is 0. The van der Waals surface area contributed by atoms with Crippen LogP contribution in [-0.2, 0) is 32.7 Å². The molecule has 25 heavy (non-hydrogen) atoms. The number of nitrogens with zero attached hydrogens (tertiary/aromatic N) is 1. The molecule has 0 amide bonds. The minimum atomic E-state index is 0. The summed E-state index contributed by atoms with van der Waals surface area (Å²) < 4.78 is 0. The first-order chi connectivity index (χ1) is 11.9. The van der Waals surface area contributed by atoms with E-state index in [1.54, 1.807) is 0 Å². The van der Waals surface area contributed by atoms with Crippen molar-refractivity contribution >= 4 is 32.3 Å². The van der Waals surface area contributed by atoms with Gasteiger partial charge in [0.05, 0.1) is 0 Å². The molecule has 0 bridgehead atoms. The minimum absolute atomic E-state index is 0. The Bertz CT molecular complexity index is 1210. The first kappa shape index (κ1) is 16.4. The molecule has 1 nitrogen and oxygen atoms in total. The summed E-state index contributed by atoms with van der Waals surface area (Å²) in [4.78, 5) is 4.23. The Balaban J connectivity index is 0.00000157. The molecule has 2 heteroatoms. The molecule has 0 aliphatic carbocycles. The van der Waals surface area contributed by atoms with E-state index in [0.29, 0.717) is 0 Å². The van der Waals surface area contributed by atoms with Gasteiger partial charge in [-0.15, -0.1) is 22.9 Å². The van der Waals surface area contributed by atoms with Crippen LogP contribution in [0.3, 0.4) is 0 Å². The molecule has 5 rings (SSSR count). The van der Waals surface area contributed by atoms with Gasteiger partial charge in [-0.2, -0.15) is 24.3 Å². The molecule has 1 aromatic heterocycles. The molecular weight excluding hydrogens is 379 g/mol. The van der Waals surface area contributed by atoms with Gasteiger partial charge in [-0.05, 0) is 10.8 Å². The van der Waals surface area contributed by atoms with Gasteiger partial charge in [-0.3, -0.25) is 4.98 Å². The summed E-state index contributed by atoms with van der Waals surface area (Å²) in [5, 5.41) is 7.21. The van der Waals surface area contributed by atoms with Crippen molar-refractivity contribution < 1.29 is 32.7 Å². The van der Waals surface area contributed by atoms with Gasteiger partial charge in [-0.1, -0.05) is 53.2 Å². The zero-order chi connectivity index (χ0) is 15.9. The summed E-state index contributed by atoms with van der Waals surface area (Å²) in [6.45, 7) is 0. The Kier molecular flexibility index (Phi) is 4.37. The third-order valence-corrected chi connectivity index (χ3v) is 4.52. The summed E-state index contributed by atoms with van der Waals surface area (Å²) in [5.41, 5.74) is 2.14. The monoisotopic (exact) mass is 392 g/mol. The second-order valence-electron chi connectivity index (χ2n) is 5.99. The van der Waals surface area contributed by atoms with Gasteiger partial charge >= 0.3 is 0 Å². The average molecular weight is 392 g/mol. The Morgan fingerprint density at radius 3 is 2.44 bits per heavy atom. The zero-order valence-electron chi connectivity index (χ0n) is 13.5. The topological polar surface area (TPSA) is 12.9 Å². The second kappa shape index (κ2) is 6.67. The smallest absolute Gasteiger partial charge is 0.0181 e. The average Bonchev–Trinajstić information content (AvgIpc) is 2.65. The van der Waals surface area contributed by atoms with E-state index < -0.39 is 0 Å². The number of aromatic nitrogens is 1. The Labute approximate surface area is 171 Å². The van der Waals surface area contributed by atoms with Gasteiger partial charge in [0.2, 0.25) is 0 Å². The fraction of sp³-hybridized carbons (Fsp3) is 0.